The lowest BCUT2D eigenvalue weighted by atomic mass is 9.91. The largest absolute Gasteiger partial charge is 0.478 e. The average molecular weight is 283 g/mol. The number of hydrogen-bond acceptors (Lipinski definition) is 2. The van der Waals surface area contributed by atoms with Crippen molar-refractivity contribution in [1.29, 1.82) is 0 Å². The molecule has 1 aliphatic heterocycles. The zero-order valence-electron chi connectivity index (χ0n) is 11.2. The number of carboxylic acids is 1. The van der Waals surface area contributed by atoms with Gasteiger partial charge in [0.25, 0.3) is 0 Å². The summed E-state index contributed by atoms with van der Waals surface area (Å²) in [5.74, 6) is -0.880. The van der Waals surface area contributed by atoms with Crippen molar-refractivity contribution in [1.82, 2.24) is 0 Å². The standard InChI is InChI=1S/C16H16O3.Al/c17-16(18)13-9-8-11-5-1-2-6-12(11)15(13)14-7-3-4-10-19-14;/h1-2,5-6,8-9,14H,3-4,7,10H2,(H,17,18);. The van der Waals surface area contributed by atoms with Gasteiger partial charge in [-0.3, -0.25) is 0 Å². The Morgan fingerprint density at radius 3 is 2.65 bits per heavy atom. The fourth-order valence-corrected chi connectivity index (χ4v) is 2.80. The molecule has 0 bridgehead atoms. The van der Waals surface area contributed by atoms with E-state index in [-0.39, 0.29) is 23.5 Å². The molecule has 0 amide bonds. The normalized spacial score (nSPS) is 18.5. The van der Waals surface area contributed by atoms with Crippen molar-refractivity contribution < 1.29 is 14.6 Å². The first-order valence-electron chi connectivity index (χ1n) is 6.64. The Morgan fingerprint density at radius 2 is 1.95 bits per heavy atom. The molecule has 20 heavy (non-hydrogen) atoms. The van der Waals surface area contributed by atoms with E-state index >= 15 is 0 Å². The molecular formula is C16H16AlO3. The average Bonchev–Trinajstić information content (AvgIpc) is 2.46. The molecular weight excluding hydrogens is 267 g/mol. The molecule has 2 aromatic rings. The molecule has 101 valence electrons. The minimum atomic E-state index is -0.880. The lowest BCUT2D eigenvalue weighted by Crippen LogP contribution is -2.15. The summed E-state index contributed by atoms with van der Waals surface area (Å²) in [6.45, 7) is 0.715. The van der Waals surface area contributed by atoms with Gasteiger partial charge in [-0.1, -0.05) is 30.3 Å². The molecule has 1 atom stereocenters. The third-order valence-electron chi connectivity index (χ3n) is 3.70. The van der Waals surface area contributed by atoms with Gasteiger partial charge in [0, 0.05) is 29.5 Å². The molecule has 1 aliphatic rings. The van der Waals surface area contributed by atoms with Gasteiger partial charge in [-0.2, -0.15) is 0 Å². The Morgan fingerprint density at radius 1 is 1.15 bits per heavy atom. The molecule has 3 nitrogen and oxygen atoms in total. The lowest BCUT2D eigenvalue weighted by molar-refractivity contribution is 0.0148. The number of hydrogen-bond donors (Lipinski definition) is 1. The minimum Gasteiger partial charge on any atom is -0.478 e. The van der Waals surface area contributed by atoms with Crippen LogP contribution in [0.3, 0.4) is 0 Å². The fraction of sp³-hybridized carbons (Fsp3) is 0.312. The van der Waals surface area contributed by atoms with Gasteiger partial charge in [-0.05, 0) is 36.1 Å². The van der Waals surface area contributed by atoms with Gasteiger partial charge < -0.3 is 9.84 Å². The van der Waals surface area contributed by atoms with Crippen molar-refractivity contribution in [2.75, 3.05) is 6.61 Å². The molecule has 0 saturated carbocycles. The molecule has 1 unspecified atom stereocenters. The zero-order chi connectivity index (χ0) is 13.2. The summed E-state index contributed by atoms with van der Waals surface area (Å²) in [6, 6.07) is 11.5. The van der Waals surface area contributed by atoms with E-state index in [2.05, 4.69) is 0 Å². The van der Waals surface area contributed by atoms with Crippen molar-refractivity contribution in [3.63, 3.8) is 0 Å². The van der Waals surface area contributed by atoms with Gasteiger partial charge in [-0.15, -0.1) is 0 Å². The Labute approximate surface area is 128 Å². The minimum absolute atomic E-state index is 0. The molecule has 3 rings (SSSR count). The van der Waals surface area contributed by atoms with E-state index in [9.17, 15) is 9.90 Å². The number of rotatable bonds is 2. The topological polar surface area (TPSA) is 46.5 Å². The molecule has 0 spiro atoms. The summed E-state index contributed by atoms with van der Waals surface area (Å²) in [4.78, 5) is 11.5. The van der Waals surface area contributed by atoms with Gasteiger partial charge in [0.2, 0.25) is 0 Å². The molecule has 1 heterocycles. The van der Waals surface area contributed by atoms with E-state index in [1.54, 1.807) is 6.07 Å². The molecule has 1 N–H and O–H groups in total. The van der Waals surface area contributed by atoms with Crippen LogP contribution in [0.4, 0.5) is 0 Å². The van der Waals surface area contributed by atoms with E-state index in [4.69, 9.17) is 4.74 Å². The number of carbonyl (C=O) groups is 1. The van der Waals surface area contributed by atoms with Crippen molar-refractivity contribution >= 4 is 34.1 Å². The molecule has 4 heteroatoms. The number of aromatic carboxylic acids is 1. The number of fused-ring (bicyclic) bond motifs is 1. The monoisotopic (exact) mass is 283 g/mol. The highest BCUT2D eigenvalue weighted by molar-refractivity contribution is 5.98. The van der Waals surface area contributed by atoms with E-state index in [0.717, 1.165) is 35.6 Å². The van der Waals surface area contributed by atoms with Gasteiger partial charge >= 0.3 is 5.97 Å². The smallest absolute Gasteiger partial charge is 0.336 e. The summed E-state index contributed by atoms with van der Waals surface area (Å²) in [6.07, 6.45) is 2.95. The van der Waals surface area contributed by atoms with Gasteiger partial charge in [0.1, 0.15) is 0 Å². The molecule has 1 fully saturated rings. The van der Waals surface area contributed by atoms with Gasteiger partial charge in [0.05, 0.1) is 11.7 Å². The Balaban J connectivity index is 0.00000147. The second kappa shape index (κ2) is 6.41. The number of carboxylic acid groups (broad SMARTS) is 1. The molecule has 3 radical (unpaired) electrons. The first-order valence-corrected chi connectivity index (χ1v) is 6.64. The first-order chi connectivity index (χ1) is 9.27. The highest BCUT2D eigenvalue weighted by atomic mass is 27.0. The maximum absolute atomic E-state index is 11.5. The van der Waals surface area contributed by atoms with Crippen LogP contribution in [0.5, 0.6) is 0 Å². The highest BCUT2D eigenvalue weighted by Gasteiger charge is 2.24. The Hall–Kier alpha value is -1.34. The second-order valence-electron chi connectivity index (χ2n) is 4.91. The zero-order valence-corrected chi connectivity index (χ0v) is 12.4. The summed E-state index contributed by atoms with van der Waals surface area (Å²) >= 11 is 0. The maximum atomic E-state index is 11.5. The third-order valence-corrected chi connectivity index (χ3v) is 3.70. The van der Waals surface area contributed by atoms with Gasteiger partial charge in [-0.25, -0.2) is 4.79 Å². The van der Waals surface area contributed by atoms with Crippen LogP contribution in [0.2, 0.25) is 0 Å². The summed E-state index contributed by atoms with van der Waals surface area (Å²) in [5, 5.41) is 11.5. The Bertz CT molecular complexity index is 618. The van der Waals surface area contributed by atoms with Crippen LogP contribution in [0.25, 0.3) is 10.8 Å². The third kappa shape index (κ3) is 2.73. The Kier molecular flexibility index (Phi) is 4.83. The predicted molar refractivity (Wildman–Crippen MR) is 79.2 cm³/mol. The van der Waals surface area contributed by atoms with Crippen LogP contribution in [0, 0.1) is 0 Å². The quantitative estimate of drug-likeness (QED) is 0.859. The first kappa shape index (κ1) is 15.1. The van der Waals surface area contributed by atoms with E-state index in [1.807, 2.05) is 30.3 Å². The van der Waals surface area contributed by atoms with Crippen LogP contribution in [0.15, 0.2) is 36.4 Å². The highest BCUT2D eigenvalue weighted by Crippen LogP contribution is 2.35. The van der Waals surface area contributed by atoms with E-state index in [1.165, 1.54) is 0 Å². The van der Waals surface area contributed by atoms with Gasteiger partial charge in [0.15, 0.2) is 0 Å². The number of ether oxygens (including phenoxy) is 1. The summed E-state index contributed by atoms with van der Waals surface area (Å²) in [7, 11) is 0. The lowest BCUT2D eigenvalue weighted by Gasteiger charge is -2.25. The molecule has 2 aromatic carbocycles. The van der Waals surface area contributed by atoms with Crippen molar-refractivity contribution in [3.8, 4) is 0 Å². The van der Waals surface area contributed by atoms with Crippen LogP contribution in [-0.2, 0) is 4.74 Å². The fourth-order valence-electron chi connectivity index (χ4n) is 2.80. The SMILES string of the molecule is O=C(O)c1ccc2ccccc2c1C1CCCCO1.[Al]. The van der Waals surface area contributed by atoms with Crippen molar-refractivity contribution in [2.45, 2.75) is 25.4 Å². The summed E-state index contributed by atoms with van der Waals surface area (Å²) < 4.78 is 5.80. The predicted octanol–water partition coefficient (Wildman–Crippen LogP) is 3.40. The van der Waals surface area contributed by atoms with Crippen LogP contribution < -0.4 is 0 Å². The van der Waals surface area contributed by atoms with Crippen molar-refractivity contribution in [2.24, 2.45) is 0 Å². The van der Waals surface area contributed by atoms with Crippen LogP contribution >= 0.6 is 0 Å². The number of benzene rings is 2. The second-order valence-corrected chi connectivity index (χ2v) is 4.91. The van der Waals surface area contributed by atoms with E-state index in [0.29, 0.717) is 12.2 Å². The molecule has 0 aromatic heterocycles. The van der Waals surface area contributed by atoms with Crippen molar-refractivity contribution in [3.05, 3.63) is 47.5 Å². The van der Waals surface area contributed by atoms with E-state index < -0.39 is 5.97 Å². The maximum Gasteiger partial charge on any atom is 0.336 e. The van der Waals surface area contributed by atoms with Crippen LogP contribution in [0.1, 0.15) is 41.3 Å². The summed E-state index contributed by atoms with van der Waals surface area (Å²) in [5.41, 5.74) is 1.20. The van der Waals surface area contributed by atoms with Crippen LogP contribution in [-0.4, -0.2) is 35.0 Å². The molecule has 1 saturated heterocycles. The molecule has 0 aliphatic carbocycles.